The topological polar surface area (TPSA) is 55.6 Å². The molecular weight excluding hydrogens is 288 g/mol. The van der Waals surface area contributed by atoms with Crippen molar-refractivity contribution >= 4 is 23.2 Å². The Labute approximate surface area is 129 Å². The minimum absolute atomic E-state index is 0.135. The average molecular weight is 305 g/mol. The molecule has 0 spiro atoms. The number of nitrogens with two attached hydrogens (primary N) is 1. The van der Waals surface area contributed by atoms with Crippen LogP contribution in [0.25, 0.3) is 0 Å². The lowest BCUT2D eigenvalue weighted by atomic mass is 10.1. The lowest BCUT2D eigenvalue weighted by Crippen LogP contribution is -2.22. The number of hydrogen-bond donors (Lipinski definition) is 1. The van der Waals surface area contributed by atoms with Gasteiger partial charge in [-0.1, -0.05) is 29.8 Å². The van der Waals surface area contributed by atoms with Crippen molar-refractivity contribution in [2.75, 3.05) is 19.8 Å². The van der Waals surface area contributed by atoms with E-state index in [1.165, 1.54) is 4.90 Å². The number of nitrogens with zero attached hydrogens (tertiary/aromatic N) is 1. The van der Waals surface area contributed by atoms with E-state index in [0.717, 1.165) is 5.56 Å². The molecule has 4 nitrogen and oxygen atoms in total. The van der Waals surface area contributed by atoms with Crippen LogP contribution in [0.15, 0.2) is 42.5 Å². The van der Waals surface area contributed by atoms with Crippen LogP contribution in [0.4, 0.5) is 5.69 Å². The maximum Gasteiger partial charge on any atom is 0.257 e. The zero-order chi connectivity index (χ0) is 15.4. The molecule has 21 heavy (non-hydrogen) atoms. The number of ether oxygens (including phenoxy) is 1. The summed E-state index contributed by atoms with van der Waals surface area (Å²) in [6.45, 7) is 0.275. The summed E-state index contributed by atoms with van der Waals surface area (Å²) in [5, 5.41) is 0.627. The van der Waals surface area contributed by atoms with Crippen LogP contribution in [0.5, 0.6) is 5.75 Å². The van der Waals surface area contributed by atoms with E-state index in [0.29, 0.717) is 22.0 Å². The molecule has 2 aromatic carbocycles. The number of halogens is 1. The van der Waals surface area contributed by atoms with Crippen LogP contribution in [0, 0.1) is 0 Å². The number of nitrogen functional groups attached to an aromatic ring is 1. The van der Waals surface area contributed by atoms with E-state index in [-0.39, 0.29) is 12.5 Å². The zero-order valence-electron chi connectivity index (χ0n) is 12.0. The van der Waals surface area contributed by atoms with Gasteiger partial charge in [-0.05, 0) is 18.2 Å². The second kappa shape index (κ2) is 6.50. The number of amides is 1. The Bertz CT molecular complexity index is 656. The van der Waals surface area contributed by atoms with Gasteiger partial charge in [0.1, 0.15) is 12.4 Å². The van der Waals surface area contributed by atoms with Gasteiger partial charge in [-0.2, -0.15) is 0 Å². The fourth-order valence-corrected chi connectivity index (χ4v) is 2.04. The van der Waals surface area contributed by atoms with Gasteiger partial charge in [0.25, 0.3) is 5.91 Å². The molecule has 5 heteroatoms. The molecule has 0 saturated heterocycles. The van der Waals surface area contributed by atoms with E-state index in [2.05, 4.69) is 0 Å². The molecule has 2 N–H and O–H groups in total. The smallest absolute Gasteiger partial charge is 0.257 e. The molecule has 0 fully saturated rings. The molecular formula is C16H17ClN2O2. The Morgan fingerprint density at radius 3 is 2.62 bits per heavy atom. The fraction of sp³-hybridized carbons (Fsp3) is 0.188. The van der Waals surface area contributed by atoms with E-state index in [1.807, 2.05) is 18.2 Å². The number of carbonyl (C=O) groups excluding carboxylic acids is 1. The predicted octanol–water partition coefficient (Wildman–Crippen LogP) is 3.20. The van der Waals surface area contributed by atoms with Crippen LogP contribution in [0.1, 0.15) is 15.9 Å². The molecule has 0 saturated carbocycles. The van der Waals surface area contributed by atoms with Gasteiger partial charge in [0, 0.05) is 36.4 Å². The molecule has 2 rings (SSSR count). The summed E-state index contributed by atoms with van der Waals surface area (Å²) in [5.41, 5.74) is 7.64. The van der Waals surface area contributed by atoms with Gasteiger partial charge in [0.2, 0.25) is 0 Å². The number of carbonyl (C=O) groups is 1. The Morgan fingerprint density at radius 2 is 1.95 bits per heavy atom. The third-order valence-electron chi connectivity index (χ3n) is 2.98. The van der Waals surface area contributed by atoms with Crippen molar-refractivity contribution in [3.8, 4) is 5.75 Å². The van der Waals surface area contributed by atoms with Crippen molar-refractivity contribution in [1.82, 2.24) is 4.90 Å². The molecule has 0 radical (unpaired) electrons. The molecule has 1 amide bonds. The van der Waals surface area contributed by atoms with Gasteiger partial charge >= 0.3 is 0 Å². The van der Waals surface area contributed by atoms with Crippen LogP contribution in [0.3, 0.4) is 0 Å². The second-order valence-corrected chi connectivity index (χ2v) is 5.24. The molecule has 0 aromatic heterocycles. The van der Waals surface area contributed by atoms with Crippen molar-refractivity contribution < 1.29 is 9.53 Å². The van der Waals surface area contributed by atoms with Crippen LogP contribution < -0.4 is 10.5 Å². The molecule has 0 atom stereocenters. The summed E-state index contributed by atoms with van der Waals surface area (Å²) >= 11 is 6.09. The van der Waals surface area contributed by atoms with Crippen LogP contribution >= 0.6 is 11.6 Å². The maximum atomic E-state index is 12.1. The van der Waals surface area contributed by atoms with Crippen molar-refractivity contribution in [1.29, 1.82) is 0 Å². The van der Waals surface area contributed by atoms with E-state index < -0.39 is 0 Å². The third-order valence-corrected chi connectivity index (χ3v) is 3.35. The maximum absolute atomic E-state index is 12.1. The van der Waals surface area contributed by atoms with Gasteiger partial charge in [0.15, 0.2) is 0 Å². The number of benzene rings is 2. The summed E-state index contributed by atoms with van der Waals surface area (Å²) in [7, 11) is 3.38. The molecule has 0 aliphatic carbocycles. The first kappa shape index (κ1) is 15.2. The zero-order valence-corrected chi connectivity index (χ0v) is 12.7. The van der Waals surface area contributed by atoms with Crippen molar-refractivity contribution in [2.24, 2.45) is 0 Å². The van der Waals surface area contributed by atoms with Crippen LogP contribution in [0.2, 0.25) is 5.02 Å². The Kier molecular flexibility index (Phi) is 4.70. The van der Waals surface area contributed by atoms with Crippen LogP contribution in [-0.4, -0.2) is 24.9 Å². The molecule has 0 unspecified atom stereocenters. The molecule has 0 bridgehead atoms. The van der Waals surface area contributed by atoms with E-state index in [4.69, 9.17) is 22.1 Å². The normalized spacial score (nSPS) is 10.2. The van der Waals surface area contributed by atoms with Gasteiger partial charge in [-0.3, -0.25) is 4.79 Å². The molecule has 0 aliphatic heterocycles. The summed E-state index contributed by atoms with van der Waals surface area (Å²) in [6.07, 6.45) is 0. The predicted molar refractivity (Wildman–Crippen MR) is 84.7 cm³/mol. The van der Waals surface area contributed by atoms with Gasteiger partial charge in [-0.15, -0.1) is 0 Å². The first-order chi connectivity index (χ1) is 9.99. The standard InChI is InChI=1S/C16H17ClN2O2/c1-19(2)16(20)13-8-7-12(18)9-15(13)21-10-11-5-3-4-6-14(11)17/h3-9H,10,18H2,1-2H3. The quantitative estimate of drug-likeness (QED) is 0.883. The SMILES string of the molecule is CN(C)C(=O)c1ccc(N)cc1OCc1ccccc1Cl. The molecule has 0 heterocycles. The minimum atomic E-state index is -0.135. The van der Waals surface area contributed by atoms with E-state index >= 15 is 0 Å². The highest BCUT2D eigenvalue weighted by Gasteiger charge is 2.15. The average Bonchev–Trinajstić information content (AvgIpc) is 2.46. The van der Waals surface area contributed by atoms with Crippen LogP contribution in [-0.2, 0) is 6.61 Å². The van der Waals surface area contributed by atoms with Gasteiger partial charge in [-0.25, -0.2) is 0 Å². The molecule has 0 aliphatic rings. The number of rotatable bonds is 4. The van der Waals surface area contributed by atoms with Gasteiger partial charge in [0.05, 0.1) is 5.56 Å². The lowest BCUT2D eigenvalue weighted by Gasteiger charge is -2.15. The number of anilines is 1. The molecule has 2 aromatic rings. The largest absolute Gasteiger partial charge is 0.488 e. The highest BCUT2D eigenvalue weighted by atomic mass is 35.5. The third kappa shape index (κ3) is 3.67. The van der Waals surface area contributed by atoms with Gasteiger partial charge < -0.3 is 15.4 Å². The summed E-state index contributed by atoms with van der Waals surface area (Å²) in [6, 6.07) is 12.4. The summed E-state index contributed by atoms with van der Waals surface area (Å²) in [5.74, 6) is 0.317. The Morgan fingerprint density at radius 1 is 1.24 bits per heavy atom. The molecule has 110 valence electrons. The highest BCUT2D eigenvalue weighted by molar-refractivity contribution is 6.31. The highest BCUT2D eigenvalue weighted by Crippen LogP contribution is 2.25. The monoisotopic (exact) mass is 304 g/mol. The Balaban J connectivity index is 2.25. The van der Waals surface area contributed by atoms with E-state index in [1.54, 1.807) is 38.4 Å². The first-order valence-electron chi connectivity index (χ1n) is 6.46. The first-order valence-corrected chi connectivity index (χ1v) is 6.84. The lowest BCUT2D eigenvalue weighted by molar-refractivity contribution is 0.0823. The fourth-order valence-electron chi connectivity index (χ4n) is 1.85. The summed E-state index contributed by atoms with van der Waals surface area (Å²) < 4.78 is 5.74. The second-order valence-electron chi connectivity index (χ2n) is 4.84. The van der Waals surface area contributed by atoms with Crippen molar-refractivity contribution in [3.05, 3.63) is 58.6 Å². The van der Waals surface area contributed by atoms with Crippen molar-refractivity contribution in [3.63, 3.8) is 0 Å². The minimum Gasteiger partial charge on any atom is -0.488 e. The summed E-state index contributed by atoms with van der Waals surface area (Å²) in [4.78, 5) is 13.6. The van der Waals surface area contributed by atoms with E-state index in [9.17, 15) is 4.79 Å². The Hall–Kier alpha value is -2.20. The number of hydrogen-bond acceptors (Lipinski definition) is 3. The van der Waals surface area contributed by atoms with Crippen molar-refractivity contribution in [2.45, 2.75) is 6.61 Å².